The molecular formula is C26H34FN3O5S2. The van der Waals surface area contributed by atoms with Crippen molar-refractivity contribution >= 4 is 31.6 Å². The average molecular weight is 552 g/mol. The lowest BCUT2D eigenvalue weighted by Crippen LogP contribution is -2.45. The van der Waals surface area contributed by atoms with Gasteiger partial charge in [0, 0.05) is 24.8 Å². The first-order valence-corrected chi connectivity index (χ1v) is 15.7. The number of nitrogens with one attached hydrogen (secondary N) is 1. The summed E-state index contributed by atoms with van der Waals surface area (Å²) in [7, 11) is -7.79. The molecule has 1 saturated carbocycles. The van der Waals surface area contributed by atoms with E-state index in [2.05, 4.69) is 5.32 Å². The van der Waals surface area contributed by atoms with E-state index in [9.17, 15) is 26.0 Å². The van der Waals surface area contributed by atoms with E-state index in [1.807, 2.05) is 0 Å². The van der Waals surface area contributed by atoms with Crippen molar-refractivity contribution in [2.45, 2.75) is 73.6 Å². The Morgan fingerprint density at radius 3 is 1.95 bits per heavy atom. The molecule has 8 nitrogen and oxygen atoms in total. The van der Waals surface area contributed by atoms with E-state index in [1.54, 1.807) is 0 Å². The molecule has 0 atom stereocenters. The summed E-state index contributed by atoms with van der Waals surface area (Å²) in [6.07, 6.45) is 7.63. The van der Waals surface area contributed by atoms with E-state index in [-0.39, 0.29) is 15.8 Å². The quantitative estimate of drug-likeness (QED) is 0.525. The maximum absolute atomic E-state index is 13.7. The molecule has 1 amide bonds. The van der Waals surface area contributed by atoms with Crippen molar-refractivity contribution in [3.05, 3.63) is 54.3 Å². The van der Waals surface area contributed by atoms with Gasteiger partial charge in [-0.1, -0.05) is 32.1 Å². The Bertz CT molecular complexity index is 1270. The molecule has 1 N–H and O–H groups in total. The second-order valence-electron chi connectivity index (χ2n) is 9.69. The predicted molar refractivity (Wildman–Crippen MR) is 139 cm³/mol. The fourth-order valence-electron chi connectivity index (χ4n) is 5.00. The molecule has 37 heavy (non-hydrogen) atoms. The molecule has 1 aliphatic heterocycles. The van der Waals surface area contributed by atoms with Crippen molar-refractivity contribution < 1.29 is 26.0 Å². The number of amides is 1. The summed E-state index contributed by atoms with van der Waals surface area (Å²) in [4.78, 5) is 12.8. The second-order valence-corrected chi connectivity index (χ2v) is 13.5. The van der Waals surface area contributed by atoms with Gasteiger partial charge in [-0.05, 0) is 74.2 Å². The molecule has 1 aliphatic carbocycles. The zero-order chi connectivity index (χ0) is 26.5. The van der Waals surface area contributed by atoms with Crippen LogP contribution >= 0.6 is 0 Å². The third-order valence-corrected chi connectivity index (χ3v) is 10.9. The van der Waals surface area contributed by atoms with Crippen LogP contribution in [-0.2, 0) is 24.8 Å². The molecule has 0 spiro atoms. The van der Waals surface area contributed by atoms with E-state index in [0.717, 1.165) is 44.9 Å². The van der Waals surface area contributed by atoms with Gasteiger partial charge in [-0.3, -0.25) is 4.79 Å². The predicted octanol–water partition coefficient (Wildman–Crippen LogP) is 4.35. The van der Waals surface area contributed by atoms with Crippen LogP contribution in [0.2, 0.25) is 0 Å². The zero-order valence-electron chi connectivity index (χ0n) is 20.8. The van der Waals surface area contributed by atoms with Gasteiger partial charge in [0.2, 0.25) is 26.0 Å². The smallest absolute Gasteiger partial charge is 0.243 e. The lowest BCUT2D eigenvalue weighted by Gasteiger charge is -2.33. The first-order chi connectivity index (χ1) is 17.7. The second kappa shape index (κ2) is 12.0. The van der Waals surface area contributed by atoms with E-state index in [0.29, 0.717) is 31.6 Å². The minimum Gasteiger partial charge on any atom is -0.325 e. The lowest BCUT2D eigenvalue weighted by atomic mass is 9.95. The van der Waals surface area contributed by atoms with Crippen LogP contribution in [0.1, 0.15) is 57.8 Å². The van der Waals surface area contributed by atoms with E-state index in [4.69, 9.17) is 0 Å². The van der Waals surface area contributed by atoms with Gasteiger partial charge in [0.1, 0.15) is 5.82 Å². The molecule has 4 rings (SSSR count). The highest BCUT2D eigenvalue weighted by Gasteiger charge is 2.34. The minimum absolute atomic E-state index is 0.0533. The van der Waals surface area contributed by atoms with Crippen molar-refractivity contribution in [3.8, 4) is 0 Å². The lowest BCUT2D eigenvalue weighted by molar-refractivity contribution is -0.116. The van der Waals surface area contributed by atoms with Crippen molar-refractivity contribution in [3.63, 3.8) is 0 Å². The Kier molecular flexibility index (Phi) is 8.99. The molecule has 1 saturated heterocycles. The van der Waals surface area contributed by atoms with Gasteiger partial charge < -0.3 is 5.32 Å². The number of halogens is 1. The molecule has 2 aromatic rings. The number of anilines is 1. The van der Waals surface area contributed by atoms with Gasteiger partial charge in [0.05, 0.1) is 16.3 Å². The molecule has 202 valence electrons. The molecule has 2 aliphatic rings. The molecule has 0 aromatic heterocycles. The van der Waals surface area contributed by atoms with Crippen LogP contribution in [0.15, 0.2) is 58.3 Å². The Morgan fingerprint density at radius 1 is 0.811 bits per heavy atom. The summed E-state index contributed by atoms with van der Waals surface area (Å²) in [5, 5.41) is 2.64. The summed E-state index contributed by atoms with van der Waals surface area (Å²) in [6.45, 7) is 0.528. The van der Waals surface area contributed by atoms with Crippen LogP contribution in [0.4, 0.5) is 10.1 Å². The monoisotopic (exact) mass is 551 g/mol. The number of hydrogen-bond donors (Lipinski definition) is 1. The fourth-order valence-corrected chi connectivity index (χ4v) is 8.16. The Hall–Kier alpha value is -2.34. The minimum atomic E-state index is -4.08. The number of nitrogens with zero attached hydrogens (tertiary/aromatic N) is 2. The van der Waals surface area contributed by atoms with Crippen LogP contribution < -0.4 is 5.32 Å². The maximum Gasteiger partial charge on any atom is 0.243 e. The summed E-state index contributed by atoms with van der Waals surface area (Å²) in [6, 6.07) is 10.2. The Morgan fingerprint density at radius 2 is 1.35 bits per heavy atom. The van der Waals surface area contributed by atoms with Gasteiger partial charge in [-0.15, -0.1) is 0 Å². The topological polar surface area (TPSA) is 104 Å². The van der Waals surface area contributed by atoms with Gasteiger partial charge in [0.15, 0.2) is 0 Å². The molecule has 2 fully saturated rings. The van der Waals surface area contributed by atoms with Crippen LogP contribution in [0.3, 0.4) is 0 Å². The van der Waals surface area contributed by atoms with Crippen LogP contribution in [0.5, 0.6) is 0 Å². The highest BCUT2D eigenvalue weighted by molar-refractivity contribution is 7.89. The van der Waals surface area contributed by atoms with E-state index in [1.165, 1.54) is 57.1 Å². The first kappa shape index (κ1) is 27.7. The number of rotatable bonds is 8. The van der Waals surface area contributed by atoms with Crippen molar-refractivity contribution in [1.82, 2.24) is 8.61 Å². The Labute approximate surface area is 219 Å². The number of benzene rings is 2. The van der Waals surface area contributed by atoms with E-state index >= 15 is 0 Å². The first-order valence-electron chi connectivity index (χ1n) is 12.9. The standard InChI is InChI=1S/C26H34FN3O5S2/c27-21-10-12-22(13-11-21)28-26(31)20-30(23-8-4-3-5-9-23)37(34,35)25-16-14-24(15-17-25)36(32,33)29-18-6-1-2-7-19-29/h10-17,23H,1-9,18-20H2,(H,28,31). The molecule has 0 unspecified atom stereocenters. The number of carbonyl (C=O) groups is 1. The molecule has 0 bridgehead atoms. The maximum atomic E-state index is 13.7. The van der Waals surface area contributed by atoms with Crippen LogP contribution in [0.25, 0.3) is 0 Å². The van der Waals surface area contributed by atoms with Crippen LogP contribution in [0, 0.1) is 5.82 Å². The van der Waals surface area contributed by atoms with E-state index < -0.39 is 38.3 Å². The molecule has 1 heterocycles. The molecule has 0 radical (unpaired) electrons. The van der Waals surface area contributed by atoms with Gasteiger partial charge in [-0.2, -0.15) is 8.61 Å². The summed E-state index contributed by atoms with van der Waals surface area (Å²) < 4.78 is 69.5. The van der Waals surface area contributed by atoms with Crippen molar-refractivity contribution in [2.24, 2.45) is 0 Å². The fraction of sp³-hybridized carbons (Fsp3) is 0.500. The molecule has 2 aromatic carbocycles. The summed E-state index contributed by atoms with van der Waals surface area (Å²) in [5.41, 5.74) is 0.371. The normalized spacial score (nSPS) is 18.4. The largest absolute Gasteiger partial charge is 0.325 e. The summed E-state index contributed by atoms with van der Waals surface area (Å²) >= 11 is 0. The number of sulfonamides is 2. The third kappa shape index (κ3) is 6.76. The van der Waals surface area contributed by atoms with Gasteiger partial charge in [0.25, 0.3) is 0 Å². The molecule has 11 heteroatoms. The van der Waals surface area contributed by atoms with Crippen molar-refractivity contribution in [2.75, 3.05) is 25.0 Å². The molecular weight excluding hydrogens is 517 g/mol. The van der Waals surface area contributed by atoms with Crippen molar-refractivity contribution in [1.29, 1.82) is 0 Å². The number of hydrogen-bond acceptors (Lipinski definition) is 5. The Balaban J connectivity index is 1.56. The van der Waals surface area contributed by atoms with Gasteiger partial charge >= 0.3 is 0 Å². The van der Waals surface area contributed by atoms with Gasteiger partial charge in [-0.25, -0.2) is 21.2 Å². The van der Waals surface area contributed by atoms with Crippen LogP contribution in [-0.4, -0.2) is 57.0 Å². The third-order valence-electron chi connectivity index (χ3n) is 7.04. The summed E-state index contributed by atoms with van der Waals surface area (Å²) in [5.74, 6) is -0.966. The highest BCUT2D eigenvalue weighted by atomic mass is 32.2. The zero-order valence-corrected chi connectivity index (χ0v) is 22.4. The highest BCUT2D eigenvalue weighted by Crippen LogP contribution is 2.29. The average Bonchev–Trinajstić information content (AvgIpc) is 3.20. The number of carbonyl (C=O) groups excluding carboxylic acids is 1. The SMILES string of the molecule is O=C(CN(C1CCCCC1)S(=O)(=O)c1ccc(S(=O)(=O)N2CCCCCC2)cc1)Nc1ccc(F)cc1.